The van der Waals surface area contributed by atoms with E-state index in [1.165, 1.54) is 0 Å². The highest BCUT2D eigenvalue weighted by Gasteiger charge is 2.22. The van der Waals surface area contributed by atoms with Crippen molar-refractivity contribution in [2.24, 2.45) is 0 Å². The van der Waals surface area contributed by atoms with Crippen molar-refractivity contribution in [1.82, 2.24) is 0 Å². The molecule has 0 rings (SSSR count). The number of rotatable bonds is 3. The SMILES string of the molecule is O=C(O)C(Br)C(O)CF. The smallest absolute Gasteiger partial charge is 0.320 e. The minimum absolute atomic E-state index is 1.05. The van der Waals surface area contributed by atoms with Crippen molar-refractivity contribution >= 4 is 21.9 Å². The number of aliphatic carboxylic acids is 1. The van der Waals surface area contributed by atoms with E-state index in [1.807, 2.05) is 0 Å². The maximum absolute atomic E-state index is 11.5. The molecule has 0 aliphatic heterocycles. The fourth-order valence-electron chi connectivity index (χ4n) is 0.243. The molecular weight excluding hydrogens is 195 g/mol. The number of carbonyl (C=O) groups is 1. The normalized spacial score (nSPS) is 16.8. The Hall–Kier alpha value is -0.160. The van der Waals surface area contributed by atoms with Crippen LogP contribution < -0.4 is 0 Å². The fourth-order valence-corrected chi connectivity index (χ4v) is 0.384. The maximum atomic E-state index is 11.5. The average molecular weight is 201 g/mol. The molecule has 9 heavy (non-hydrogen) atoms. The van der Waals surface area contributed by atoms with Crippen LogP contribution in [-0.2, 0) is 4.79 Å². The predicted octanol–water partition coefficient (Wildman–Crippen LogP) is 0.165. The number of alkyl halides is 2. The zero-order valence-corrected chi connectivity index (χ0v) is 6.01. The Balaban J connectivity index is 3.72. The summed E-state index contributed by atoms with van der Waals surface area (Å²) in [5.74, 6) is -1.26. The molecule has 0 aromatic rings. The Morgan fingerprint density at radius 2 is 2.22 bits per heavy atom. The molecule has 54 valence electrons. The lowest BCUT2D eigenvalue weighted by molar-refractivity contribution is -0.138. The third-order valence-corrected chi connectivity index (χ3v) is 1.73. The van der Waals surface area contributed by atoms with E-state index in [2.05, 4.69) is 15.9 Å². The number of hydrogen-bond donors (Lipinski definition) is 2. The van der Waals surface area contributed by atoms with Crippen LogP contribution in [0.15, 0.2) is 0 Å². The third kappa shape index (κ3) is 2.76. The highest BCUT2D eigenvalue weighted by atomic mass is 79.9. The summed E-state index contributed by atoms with van der Waals surface area (Å²) >= 11 is 2.58. The van der Waals surface area contributed by atoms with Gasteiger partial charge in [-0.3, -0.25) is 4.79 Å². The number of halogens is 2. The summed E-state index contributed by atoms with van der Waals surface area (Å²) < 4.78 is 11.5. The van der Waals surface area contributed by atoms with Gasteiger partial charge >= 0.3 is 5.97 Å². The molecule has 0 saturated carbocycles. The number of carboxylic acids is 1. The summed E-state index contributed by atoms with van der Waals surface area (Å²) in [5, 5.41) is 16.6. The largest absolute Gasteiger partial charge is 0.480 e. The van der Waals surface area contributed by atoms with Crippen LogP contribution in [0.3, 0.4) is 0 Å². The molecule has 0 spiro atoms. The lowest BCUT2D eigenvalue weighted by Crippen LogP contribution is -2.29. The molecular formula is C4H6BrFO3. The zero-order chi connectivity index (χ0) is 7.44. The molecule has 0 fully saturated rings. The van der Waals surface area contributed by atoms with Crippen LogP contribution in [-0.4, -0.2) is 33.8 Å². The Kier molecular flexibility index (Phi) is 3.72. The number of carboxylic acid groups (broad SMARTS) is 1. The van der Waals surface area contributed by atoms with Gasteiger partial charge in [0.1, 0.15) is 17.6 Å². The van der Waals surface area contributed by atoms with E-state index in [0.29, 0.717) is 0 Å². The number of aliphatic hydroxyl groups is 1. The van der Waals surface area contributed by atoms with E-state index in [-0.39, 0.29) is 0 Å². The van der Waals surface area contributed by atoms with Gasteiger partial charge in [-0.2, -0.15) is 0 Å². The van der Waals surface area contributed by atoms with Gasteiger partial charge in [0.25, 0.3) is 0 Å². The van der Waals surface area contributed by atoms with Crippen molar-refractivity contribution in [2.45, 2.75) is 10.9 Å². The lowest BCUT2D eigenvalue weighted by atomic mass is 10.3. The molecule has 0 aliphatic carbocycles. The lowest BCUT2D eigenvalue weighted by Gasteiger charge is -2.07. The molecule has 0 aromatic carbocycles. The monoisotopic (exact) mass is 200 g/mol. The average Bonchev–Trinajstić information content (AvgIpc) is 1.84. The predicted molar refractivity (Wildman–Crippen MR) is 32.3 cm³/mol. The summed E-state index contributed by atoms with van der Waals surface area (Å²) in [6, 6.07) is 0. The van der Waals surface area contributed by atoms with Gasteiger partial charge in [0.15, 0.2) is 0 Å². The molecule has 0 aliphatic rings. The Morgan fingerprint density at radius 1 is 1.78 bits per heavy atom. The van der Waals surface area contributed by atoms with Crippen LogP contribution in [0.2, 0.25) is 0 Å². The highest BCUT2D eigenvalue weighted by Crippen LogP contribution is 2.05. The van der Waals surface area contributed by atoms with Gasteiger partial charge in [0.2, 0.25) is 0 Å². The third-order valence-electron chi connectivity index (χ3n) is 0.732. The van der Waals surface area contributed by atoms with Gasteiger partial charge in [-0.05, 0) is 0 Å². The first kappa shape index (κ1) is 8.84. The molecule has 0 aromatic heterocycles. The van der Waals surface area contributed by atoms with Gasteiger partial charge < -0.3 is 10.2 Å². The molecule has 0 bridgehead atoms. The van der Waals surface area contributed by atoms with Gasteiger partial charge in [-0.1, -0.05) is 15.9 Å². The van der Waals surface area contributed by atoms with Gasteiger partial charge in [-0.15, -0.1) is 0 Å². The number of hydrogen-bond acceptors (Lipinski definition) is 2. The molecule has 5 heteroatoms. The van der Waals surface area contributed by atoms with Crippen LogP contribution in [0.5, 0.6) is 0 Å². The maximum Gasteiger partial charge on any atom is 0.320 e. The minimum atomic E-state index is -1.46. The van der Waals surface area contributed by atoms with E-state index < -0.39 is 23.6 Å². The second kappa shape index (κ2) is 3.79. The molecule has 0 heterocycles. The molecule has 0 amide bonds. The van der Waals surface area contributed by atoms with Crippen molar-refractivity contribution in [3.8, 4) is 0 Å². The zero-order valence-electron chi connectivity index (χ0n) is 4.42. The van der Waals surface area contributed by atoms with Crippen LogP contribution >= 0.6 is 15.9 Å². The molecule has 2 unspecified atom stereocenters. The van der Waals surface area contributed by atoms with Crippen LogP contribution in [0.1, 0.15) is 0 Å². The van der Waals surface area contributed by atoms with E-state index >= 15 is 0 Å². The Morgan fingerprint density at radius 3 is 2.33 bits per heavy atom. The summed E-state index contributed by atoms with van der Waals surface area (Å²) in [4.78, 5) is 8.72. The standard InChI is InChI=1S/C4H6BrFO3/c5-3(4(8)9)2(7)1-6/h2-3,7H,1H2,(H,8,9). The van der Waals surface area contributed by atoms with Gasteiger partial charge in [0, 0.05) is 0 Å². The first-order valence-corrected chi connectivity index (χ1v) is 3.12. The molecule has 2 atom stereocenters. The topological polar surface area (TPSA) is 57.5 Å². The van der Waals surface area contributed by atoms with E-state index in [9.17, 15) is 9.18 Å². The second-order valence-electron chi connectivity index (χ2n) is 1.46. The van der Waals surface area contributed by atoms with Gasteiger partial charge in [0.05, 0.1) is 0 Å². The number of aliphatic hydroxyl groups excluding tert-OH is 1. The van der Waals surface area contributed by atoms with E-state index in [4.69, 9.17) is 10.2 Å². The minimum Gasteiger partial charge on any atom is -0.480 e. The summed E-state index contributed by atoms with van der Waals surface area (Å²) in [6.07, 6.45) is -1.46. The van der Waals surface area contributed by atoms with Crippen LogP contribution in [0.25, 0.3) is 0 Å². The van der Waals surface area contributed by atoms with Crippen molar-refractivity contribution in [1.29, 1.82) is 0 Å². The van der Waals surface area contributed by atoms with Crippen molar-refractivity contribution < 1.29 is 19.4 Å². The Labute approximate surface area is 59.6 Å². The summed E-state index contributed by atoms with van der Waals surface area (Å²) in [5.41, 5.74) is 0. The van der Waals surface area contributed by atoms with Crippen molar-refractivity contribution in [3.63, 3.8) is 0 Å². The fraction of sp³-hybridized carbons (Fsp3) is 0.750. The molecule has 0 saturated heterocycles. The second-order valence-corrected chi connectivity index (χ2v) is 2.45. The molecule has 2 N–H and O–H groups in total. The summed E-state index contributed by atoms with van der Waals surface area (Å²) in [7, 11) is 0. The molecule has 0 radical (unpaired) electrons. The Bertz CT molecular complexity index is 108. The van der Waals surface area contributed by atoms with E-state index in [0.717, 1.165) is 0 Å². The van der Waals surface area contributed by atoms with Crippen LogP contribution in [0, 0.1) is 0 Å². The van der Waals surface area contributed by atoms with Crippen molar-refractivity contribution in [2.75, 3.05) is 6.67 Å². The van der Waals surface area contributed by atoms with Crippen LogP contribution in [0.4, 0.5) is 4.39 Å². The molecule has 3 nitrogen and oxygen atoms in total. The quantitative estimate of drug-likeness (QED) is 0.639. The van der Waals surface area contributed by atoms with Crippen molar-refractivity contribution in [3.05, 3.63) is 0 Å². The summed E-state index contributed by atoms with van der Waals surface area (Å²) in [6.45, 7) is -1.05. The first-order valence-electron chi connectivity index (χ1n) is 2.20. The first-order chi connectivity index (χ1) is 4.09. The highest BCUT2D eigenvalue weighted by molar-refractivity contribution is 9.10. The van der Waals surface area contributed by atoms with E-state index in [1.54, 1.807) is 0 Å². The van der Waals surface area contributed by atoms with Gasteiger partial charge in [-0.25, -0.2) is 4.39 Å².